The third kappa shape index (κ3) is 4.57. The zero-order valence-electron chi connectivity index (χ0n) is 15.7. The van der Waals surface area contributed by atoms with Crippen molar-refractivity contribution in [3.63, 3.8) is 0 Å². The zero-order chi connectivity index (χ0) is 21.0. The van der Waals surface area contributed by atoms with Gasteiger partial charge in [-0.25, -0.2) is 9.59 Å². The standard InChI is InChI=1S/C21H18ClNO6/c1-27-13-7-8-14-12(10-19(24)29-18(14)11-13)9-17(21(26)28-2)23-20(25)15-5-3-4-6-16(15)22/h3-8,10-11,17H,9H2,1-2H3,(H,23,25)/t17-/m0/s1. The van der Waals surface area contributed by atoms with Crippen LogP contribution in [-0.2, 0) is 16.0 Å². The molecule has 1 atom stereocenters. The van der Waals surface area contributed by atoms with Crippen LogP contribution in [0.4, 0.5) is 0 Å². The highest BCUT2D eigenvalue weighted by Crippen LogP contribution is 2.24. The number of carbonyl (C=O) groups excluding carboxylic acids is 2. The lowest BCUT2D eigenvalue weighted by Crippen LogP contribution is -2.43. The van der Waals surface area contributed by atoms with E-state index in [4.69, 9.17) is 25.5 Å². The molecule has 0 aliphatic heterocycles. The number of fused-ring (bicyclic) bond motifs is 1. The van der Waals surface area contributed by atoms with Crippen LogP contribution in [0.5, 0.6) is 5.75 Å². The Morgan fingerprint density at radius 3 is 2.59 bits per heavy atom. The molecule has 8 heteroatoms. The molecule has 1 aromatic heterocycles. The van der Waals surface area contributed by atoms with E-state index < -0.39 is 23.5 Å². The largest absolute Gasteiger partial charge is 0.497 e. The summed E-state index contributed by atoms with van der Waals surface area (Å²) in [5.41, 5.74) is 0.480. The molecule has 2 aromatic carbocycles. The van der Waals surface area contributed by atoms with E-state index in [1.165, 1.54) is 20.3 Å². The van der Waals surface area contributed by atoms with Gasteiger partial charge in [0.2, 0.25) is 0 Å². The molecule has 0 saturated carbocycles. The Morgan fingerprint density at radius 1 is 1.14 bits per heavy atom. The van der Waals surface area contributed by atoms with Gasteiger partial charge in [-0.05, 0) is 29.8 Å². The average Bonchev–Trinajstić information content (AvgIpc) is 2.72. The monoisotopic (exact) mass is 415 g/mol. The normalized spacial score (nSPS) is 11.7. The van der Waals surface area contributed by atoms with Gasteiger partial charge >= 0.3 is 11.6 Å². The Balaban J connectivity index is 1.95. The fraction of sp³-hybridized carbons (Fsp3) is 0.190. The van der Waals surface area contributed by atoms with Gasteiger partial charge in [0.25, 0.3) is 5.91 Å². The molecule has 1 heterocycles. The van der Waals surface area contributed by atoms with Crippen LogP contribution in [0.3, 0.4) is 0 Å². The predicted octanol–water partition coefficient (Wildman–Crippen LogP) is 2.97. The number of benzene rings is 2. The summed E-state index contributed by atoms with van der Waals surface area (Å²) >= 11 is 6.06. The Hall–Kier alpha value is -3.32. The molecule has 0 fully saturated rings. The van der Waals surface area contributed by atoms with Crippen LogP contribution in [0.25, 0.3) is 11.0 Å². The summed E-state index contributed by atoms with van der Waals surface area (Å²) in [6.07, 6.45) is 0.0251. The molecule has 3 rings (SSSR count). The van der Waals surface area contributed by atoms with Crippen molar-refractivity contribution in [2.75, 3.05) is 14.2 Å². The Kier molecular flexibility index (Phi) is 6.19. The number of amides is 1. The highest BCUT2D eigenvalue weighted by Gasteiger charge is 2.25. The lowest BCUT2D eigenvalue weighted by molar-refractivity contribution is -0.142. The van der Waals surface area contributed by atoms with Gasteiger partial charge in [0.05, 0.1) is 24.8 Å². The molecule has 150 valence electrons. The summed E-state index contributed by atoms with van der Waals surface area (Å²) in [5, 5.41) is 3.50. The highest BCUT2D eigenvalue weighted by atomic mass is 35.5. The van der Waals surface area contributed by atoms with Gasteiger partial charge in [0.15, 0.2) is 0 Å². The molecule has 0 unspecified atom stereocenters. The third-order valence-electron chi connectivity index (χ3n) is 4.37. The minimum absolute atomic E-state index is 0.0251. The van der Waals surface area contributed by atoms with Gasteiger partial charge in [0, 0.05) is 23.9 Å². The van der Waals surface area contributed by atoms with Crippen LogP contribution >= 0.6 is 11.6 Å². The van der Waals surface area contributed by atoms with Crippen LogP contribution in [0.15, 0.2) is 57.7 Å². The maximum absolute atomic E-state index is 12.6. The van der Waals surface area contributed by atoms with E-state index in [0.717, 1.165) is 0 Å². The number of ether oxygens (including phenoxy) is 2. The molecule has 1 amide bonds. The van der Waals surface area contributed by atoms with Crippen LogP contribution in [0, 0.1) is 0 Å². The fourth-order valence-corrected chi connectivity index (χ4v) is 3.16. The molecule has 29 heavy (non-hydrogen) atoms. The fourth-order valence-electron chi connectivity index (χ4n) is 2.94. The van der Waals surface area contributed by atoms with E-state index in [0.29, 0.717) is 22.3 Å². The van der Waals surface area contributed by atoms with Gasteiger partial charge < -0.3 is 19.2 Å². The number of hydrogen-bond acceptors (Lipinski definition) is 6. The minimum Gasteiger partial charge on any atom is -0.497 e. The molecule has 0 spiro atoms. The van der Waals surface area contributed by atoms with Crippen molar-refractivity contribution >= 4 is 34.4 Å². The number of rotatable bonds is 6. The number of esters is 1. The zero-order valence-corrected chi connectivity index (χ0v) is 16.5. The van der Waals surface area contributed by atoms with Crippen LogP contribution in [-0.4, -0.2) is 32.1 Å². The molecular formula is C21H18ClNO6. The first-order valence-corrected chi connectivity index (χ1v) is 9.04. The predicted molar refractivity (Wildman–Crippen MR) is 107 cm³/mol. The molecule has 0 aliphatic carbocycles. The van der Waals surface area contributed by atoms with Crippen LogP contribution < -0.4 is 15.7 Å². The van der Waals surface area contributed by atoms with Gasteiger partial charge in [-0.3, -0.25) is 4.79 Å². The van der Waals surface area contributed by atoms with E-state index in [9.17, 15) is 14.4 Å². The molecular weight excluding hydrogens is 398 g/mol. The van der Waals surface area contributed by atoms with Gasteiger partial charge in [0.1, 0.15) is 17.4 Å². The van der Waals surface area contributed by atoms with Crippen molar-refractivity contribution in [1.82, 2.24) is 5.32 Å². The van der Waals surface area contributed by atoms with Gasteiger partial charge in [-0.1, -0.05) is 23.7 Å². The number of methoxy groups -OCH3 is 2. The van der Waals surface area contributed by atoms with Gasteiger partial charge in [-0.15, -0.1) is 0 Å². The summed E-state index contributed by atoms with van der Waals surface area (Å²) in [6, 6.07) is 11.7. The van der Waals surface area contributed by atoms with Crippen molar-refractivity contribution in [3.8, 4) is 5.75 Å². The van der Waals surface area contributed by atoms with Crippen LogP contribution in [0.2, 0.25) is 5.02 Å². The third-order valence-corrected chi connectivity index (χ3v) is 4.70. The molecule has 0 aliphatic rings. The minimum atomic E-state index is -1.03. The van der Waals surface area contributed by atoms with E-state index in [-0.39, 0.29) is 17.0 Å². The maximum atomic E-state index is 12.6. The quantitative estimate of drug-likeness (QED) is 0.491. The van der Waals surface area contributed by atoms with E-state index in [1.807, 2.05) is 0 Å². The average molecular weight is 416 g/mol. The molecule has 7 nitrogen and oxygen atoms in total. The number of carbonyl (C=O) groups is 2. The second-order valence-corrected chi connectivity index (χ2v) is 6.59. The van der Waals surface area contributed by atoms with E-state index in [1.54, 1.807) is 42.5 Å². The molecule has 0 radical (unpaired) electrons. The summed E-state index contributed by atoms with van der Waals surface area (Å²) in [5.74, 6) is -0.658. The van der Waals surface area contributed by atoms with Crippen molar-refractivity contribution in [2.24, 2.45) is 0 Å². The molecule has 0 saturated heterocycles. The summed E-state index contributed by atoms with van der Waals surface area (Å²) in [7, 11) is 2.72. The maximum Gasteiger partial charge on any atom is 0.336 e. The SMILES string of the molecule is COC(=O)[C@H](Cc1cc(=O)oc2cc(OC)ccc12)NC(=O)c1ccccc1Cl. The topological polar surface area (TPSA) is 94.8 Å². The van der Waals surface area contributed by atoms with Crippen molar-refractivity contribution in [3.05, 3.63) is 75.1 Å². The molecule has 1 N–H and O–H groups in total. The second kappa shape index (κ2) is 8.79. The molecule has 3 aromatic rings. The lowest BCUT2D eigenvalue weighted by atomic mass is 10.0. The molecule has 0 bridgehead atoms. The number of halogens is 1. The van der Waals surface area contributed by atoms with Gasteiger partial charge in [-0.2, -0.15) is 0 Å². The van der Waals surface area contributed by atoms with Crippen molar-refractivity contribution in [1.29, 1.82) is 0 Å². The van der Waals surface area contributed by atoms with Crippen molar-refractivity contribution in [2.45, 2.75) is 12.5 Å². The first-order valence-electron chi connectivity index (χ1n) is 8.67. The summed E-state index contributed by atoms with van der Waals surface area (Å²) in [4.78, 5) is 36.9. The lowest BCUT2D eigenvalue weighted by Gasteiger charge is -2.18. The van der Waals surface area contributed by atoms with Crippen molar-refractivity contribution < 1.29 is 23.5 Å². The first-order chi connectivity index (χ1) is 13.9. The Bertz CT molecular complexity index is 1120. The summed E-state index contributed by atoms with van der Waals surface area (Å²) in [6.45, 7) is 0. The Labute approximate surface area is 171 Å². The van der Waals surface area contributed by atoms with Crippen LogP contribution in [0.1, 0.15) is 15.9 Å². The smallest absolute Gasteiger partial charge is 0.336 e. The Morgan fingerprint density at radius 2 is 1.90 bits per heavy atom. The van der Waals surface area contributed by atoms with E-state index >= 15 is 0 Å². The second-order valence-electron chi connectivity index (χ2n) is 6.19. The number of hydrogen-bond donors (Lipinski definition) is 1. The highest BCUT2D eigenvalue weighted by molar-refractivity contribution is 6.33. The first kappa shape index (κ1) is 20.4. The van der Waals surface area contributed by atoms with E-state index in [2.05, 4.69) is 5.32 Å². The summed E-state index contributed by atoms with van der Waals surface area (Å²) < 4.78 is 15.2. The number of nitrogens with one attached hydrogen (secondary N) is 1.